The Kier molecular flexibility index (Phi) is 4.18. The fourth-order valence-corrected chi connectivity index (χ4v) is 10.9. The fourth-order valence-electron chi connectivity index (χ4n) is 2.40. The van der Waals surface area contributed by atoms with E-state index in [2.05, 4.69) is 13.8 Å². The quantitative estimate of drug-likeness (QED) is 0.675. The van der Waals surface area contributed by atoms with E-state index in [9.17, 15) is 0 Å². The van der Waals surface area contributed by atoms with E-state index in [-0.39, 0.29) is 0 Å². The van der Waals surface area contributed by atoms with Gasteiger partial charge in [0.05, 0.1) is 0 Å². The molecule has 0 aliphatic carbocycles. The van der Waals surface area contributed by atoms with Gasteiger partial charge in [0.25, 0.3) is 0 Å². The second-order valence-electron chi connectivity index (χ2n) is 4.14. The van der Waals surface area contributed by atoms with Crippen molar-refractivity contribution < 1.29 is 4.65 Å². The van der Waals surface area contributed by atoms with Crippen LogP contribution in [0, 0.1) is 0 Å². The van der Waals surface area contributed by atoms with Crippen LogP contribution in [0.2, 0.25) is 33.7 Å². The average molecular weight is 229 g/mol. The van der Waals surface area contributed by atoms with Gasteiger partial charge in [-0.15, -0.1) is 0 Å². The molecule has 0 saturated carbocycles. The maximum atomic E-state index is 5.40. The fraction of sp³-hybridized carbons (Fsp3) is 1.00. The molecule has 0 N–H and O–H groups in total. The first-order valence-electron chi connectivity index (χ1n) is 5.29. The van der Waals surface area contributed by atoms with Crippen molar-refractivity contribution in [1.82, 2.24) is 0 Å². The maximum absolute atomic E-state index is 5.40. The molecule has 0 aromatic carbocycles. The summed E-state index contributed by atoms with van der Waals surface area (Å²) in [6.45, 7) is 5.43. The van der Waals surface area contributed by atoms with Gasteiger partial charge in [0.1, 0.15) is 0 Å². The minimum absolute atomic E-state index is 0.599. The van der Waals surface area contributed by atoms with Crippen molar-refractivity contribution in [3.8, 4) is 0 Å². The molecular weight excluding hydrogens is 208 g/mol. The van der Waals surface area contributed by atoms with Gasteiger partial charge in [-0.05, 0) is 0 Å². The van der Waals surface area contributed by atoms with E-state index in [1.165, 1.54) is 23.1 Å². The monoisotopic (exact) mass is 230 g/mol. The Morgan fingerprint density at radius 1 is 1.17 bits per heavy atom. The van der Waals surface area contributed by atoms with Crippen LogP contribution in [0.1, 0.15) is 13.8 Å². The molecule has 0 aromatic rings. The van der Waals surface area contributed by atoms with Crippen LogP contribution in [0.4, 0.5) is 0 Å². The van der Waals surface area contributed by atoms with Crippen molar-refractivity contribution in [2.45, 2.75) is 47.5 Å². The Hall–Kier alpha value is 0.568. The van der Waals surface area contributed by atoms with Crippen molar-refractivity contribution in [3.63, 3.8) is 0 Å². The van der Waals surface area contributed by atoms with E-state index in [0.717, 1.165) is 0 Å². The van der Waals surface area contributed by atoms with Gasteiger partial charge in [0, 0.05) is 0 Å². The second-order valence-corrected chi connectivity index (χ2v) is 15.5. The van der Waals surface area contributed by atoms with E-state index in [1.807, 2.05) is 7.11 Å². The van der Waals surface area contributed by atoms with Crippen LogP contribution < -0.4 is 0 Å². The Balaban J connectivity index is 2.42. The summed E-state index contributed by atoms with van der Waals surface area (Å²) >= 11 is -1.27. The van der Waals surface area contributed by atoms with Crippen LogP contribution in [-0.4, -0.2) is 27.3 Å². The molecule has 0 amide bonds. The molecule has 12 heavy (non-hydrogen) atoms. The van der Waals surface area contributed by atoms with Crippen LogP contribution in [-0.2, 0) is 4.65 Å². The summed E-state index contributed by atoms with van der Waals surface area (Å²) < 4.78 is 5.40. The normalized spacial score (nSPS) is 22.8. The molecule has 1 rings (SSSR count). The average Bonchev–Trinajstić information content (AvgIpc) is 2.18. The summed E-state index contributed by atoms with van der Waals surface area (Å²) in [4.78, 5) is 0. The first kappa shape index (κ1) is 10.6. The first-order valence-corrected chi connectivity index (χ1v) is 11.2. The third-order valence-corrected chi connectivity index (χ3v) is 15.8. The Labute approximate surface area is 79.7 Å². The van der Waals surface area contributed by atoms with Gasteiger partial charge in [-0.2, -0.15) is 0 Å². The Bertz CT molecular complexity index is 126. The second kappa shape index (κ2) is 4.71. The summed E-state index contributed by atoms with van der Waals surface area (Å²) in [7, 11) is 1.86. The molecule has 0 unspecified atom stereocenters. The van der Waals surface area contributed by atoms with Crippen LogP contribution >= 0.6 is 0 Å². The van der Waals surface area contributed by atoms with Gasteiger partial charge >= 0.3 is 79.4 Å². The van der Waals surface area contributed by atoms with Crippen LogP contribution in [0.5, 0.6) is 0 Å². The SMILES string of the molecule is C[CH2][Ge]1([CH2]C)[CH2]CB(OC)C[CH2]1. The summed E-state index contributed by atoms with van der Waals surface area (Å²) in [6, 6.07) is 0. The summed E-state index contributed by atoms with van der Waals surface area (Å²) in [6.07, 6.45) is 2.72. The molecule has 0 spiro atoms. The molecule has 0 bridgehead atoms. The third-order valence-electron chi connectivity index (χ3n) is 3.83. The van der Waals surface area contributed by atoms with Crippen LogP contribution in [0.15, 0.2) is 0 Å². The summed E-state index contributed by atoms with van der Waals surface area (Å²) in [5.41, 5.74) is 0. The van der Waals surface area contributed by atoms with Gasteiger partial charge in [-0.25, -0.2) is 0 Å². The Morgan fingerprint density at radius 3 is 2.00 bits per heavy atom. The molecule has 0 radical (unpaired) electrons. The molecular formula is C9H21BGeO. The molecule has 1 nitrogen and oxygen atoms in total. The van der Waals surface area contributed by atoms with E-state index in [0.29, 0.717) is 6.92 Å². The molecule has 3 heteroatoms. The zero-order valence-electron chi connectivity index (χ0n) is 8.73. The van der Waals surface area contributed by atoms with Crippen molar-refractivity contribution in [1.29, 1.82) is 0 Å². The number of hydrogen-bond acceptors (Lipinski definition) is 1. The van der Waals surface area contributed by atoms with Crippen molar-refractivity contribution in [3.05, 3.63) is 0 Å². The molecule has 0 aromatic heterocycles. The molecule has 0 atom stereocenters. The third kappa shape index (κ3) is 2.29. The van der Waals surface area contributed by atoms with Crippen LogP contribution in [0.25, 0.3) is 0 Å². The van der Waals surface area contributed by atoms with Gasteiger partial charge in [-0.1, -0.05) is 0 Å². The van der Waals surface area contributed by atoms with Crippen molar-refractivity contribution in [2.24, 2.45) is 0 Å². The zero-order valence-corrected chi connectivity index (χ0v) is 10.8. The molecule has 1 saturated heterocycles. The molecule has 1 aliphatic heterocycles. The summed E-state index contributed by atoms with van der Waals surface area (Å²) in [5, 5.41) is 6.19. The molecule has 1 aliphatic rings. The zero-order chi connectivity index (χ0) is 9.03. The Morgan fingerprint density at radius 2 is 1.67 bits per heavy atom. The predicted molar refractivity (Wildman–Crippen MR) is 58.7 cm³/mol. The molecule has 70 valence electrons. The first-order chi connectivity index (χ1) is 5.76. The summed E-state index contributed by atoms with van der Waals surface area (Å²) in [5.74, 6) is 0. The molecule has 1 heterocycles. The van der Waals surface area contributed by atoms with E-state index in [4.69, 9.17) is 4.65 Å². The van der Waals surface area contributed by atoms with E-state index in [1.54, 1.807) is 10.5 Å². The minimum atomic E-state index is -1.27. The van der Waals surface area contributed by atoms with Crippen LogP contribution in [0.3, 0.4) is 0 Å². The van der Waals surface area contributed by atoms with Gasteiger partial charge in [-0.3, -0.25) is 0 Å². The van der Waals surface area contributed by atoms with Gasteiger partial charge < -0.3 is 0 Å². The number of hydrogen-bond donors (Lipinski definition) is 0. The topological polar surface area (TPSA) is 9.23 Å². The van der Waals surface area contributed by atoms with Gasteiger partial charge in [0.15, 0.2) is 0 Å². The van der Waals surface area contributed by atoms with Crippen molar-refractivity contribution >= 4 is 20.2 Å². The van der Waals surface area contributed by atoms with Gasteiger partial charge in [0.2, 0.25) is 0 Å². The molecule has 1 fully saturated rings. The van der Waals surface area contributed by atoms with E-state index >= 15 is 0 Å². The standard InChI is InChI=1S/C9H21BGeO/c1-4-11(5-2)8-6-10(12-3)7-9-11/h4-9H2,1-3H3. The van der Waals surface area contributed by atoms with Crippen molar-refractivity contribution in [2.75, 3.05) is 7.11 Å². The number of rotatable bonds is 3. The van der Waals surface area contributed by atoms with E-state index < -0.39 is 13.3 Å². The predicted octanol–water partition coefficient (Wildman–Crippen LogP) is 3.13.